The highest BCUT2D eigenvalue weighted by Gasteiger charge is 2.27. The molecule has 1 saturated heterocycles. The van der Waals surface area contributed by atoms with Crippen molar-refractivity contribution in [3.63, 3.8) is 0 Å². The van der Waals surface area contributed by atoms with E-state index in [0.717, 1.165) is 35.4 Å². The highest BCUT2D eigenvalue weighted by atomic mass is 32.1. The van der Waals surface area contributed by atoms with Crippen LogP contribution in [0.25, 0.3) is 10.2 Å². The third kappa shape index (κ3) is 3.47. The van der Waals surface area contributed by atoms with Gasteiger partial charge in [-0.15, -0.1) is 11.3 Å². The Kier molecular flexibility index (Phi) is 5.19. The molecule has 2 aromatic heterocycles. The molecular formula is C19H20N2O3S2. The van der Waals surface area contributed by atoms with E-state index >= 15 is 0 Å². The Morgan fingerprint density at radius 1 is 1.38 bits per heavy atom. The molecule has 1 fully saturated rings. The van der Waals surface area contributed by atoms with E-state index < -0.39 is 0 Å². The monoisotopic (exact) mass is 388 g/mol. The summed E-state index contributed by atoms with van der Waals surface area (Å²) in [5, 5.41) is 2.62. The summed E-state index contributed by atoms with van der Waals surface area (Å²) in [6.45, 7) is 3.83. The Bertz CT molecular complexity index is 885. The van der Waals surface area contributed by atoms with Crippen molar-refractivity contribution in [2.45, 2.75) is 25.9 Å². The van der Waals surface area contributed by atoms with Gasteiger partial charge >= 0.3 is 0 Å². The van der Waals surface area contributed by atoms with Crippen LogP contribution in [0.1, 0.15) is 29.4 Å². The molecule has 0 aliphatic carbocycles. The summed E-state index contributed by atoms with van der Waals surface area (Å²) in [6.07, 6.45) is 2.08. The van der Waals surface area contributed by atoms with Crippen LogP contribution in [0.2, 0.25) is 0 Å². The van der Waals surface area contributed by atoms with E-state index in [0.29, 0.717) is 23.2 Å². The van der Waals surface area contributed by atoms with Gasteiger partial charge in [0.1, 0.15) is 11.3 Å². The van der Waals surface area contributed by atoms with Crippen molar-refractivity contribution in [3.05, 3.63) is 40.6 Å². The maximum atomic E-state index is 13.1. The van der Waals surface area contributed by atoms with Crippen molar-refractivity contribution in [1.29, 1.82) is 0 Å². The Morgan fingerprint density at radius 3 is 3.04 bits per heavy atom. The number of ether oxygens (including phenoxy) is 2. The second-order valence-electron chi connectivity index (χ2n) is 6.06. The minimum atomic E-state index is -0.0208. The predicted octanol–water partition coefficient (Wildman–Crippen LogP) is 4.58. The summed E-state index contributed by atoms with van der Waals surface area (Å²) in [5.41, 5.74) is 0.811. The van der Waals surface area contributed by atoms with E-state index in [1.54, 1.807) is 4.90 Å². The fourth-order valence-electron chi connectivity index (χ4n) is 3.07. The topological polar surface area (TPSA) is 51.7 Å². The largest absolute Gasteiger partial charge is 0.492 e. The first-order chi connectivity index (χ1) is 12.8. The number of carbonyl (C=O) groups is 1. The fraction of sp³-hybridized carbons (Fsp3) is 0.368. The van der Waals surface area contributed by atoms with Crippen LogP contribution in [-0.4, -0.2) is 36.8 Å². The molecule has 1 aliphatic heterocycles. The second-order valence-corrected chi connectivity index (χ2v) is 8.02. The van der Waals surface area contributed by atoms with E-state index in [2.05, 4.69) is 0 Å². The molecule has 0 N–H and O–H groups in total. The van der Waals surface area contributed by atoms with Crippen LogP contribution in [0, 0.1) is 0 Å². The van der Waals surface area contributed by atoms with Crippen LogP contribution in [0.4, 0.5) is 5.13 Å². The molecule has 1 amide bonds. The first kappa shape index (κ1) is 17.5. The summed E-state index contributed by atoms with van der Waals surface area (Å²) >= 11 is 2.97. The molecule has 26 heavy (non-hydrogen) atoms. The molecule has 0 bridgehead atoms. The molecule has 1 unspecified atom stereocenters. The van der Waals surface area contributed by atoms with Gasteiger partial charge in [-0.05, 0) is 43.3 Å². The fourth-order valence-corrected chi connectivity index (χ4v) is 4.73. The van der Waals surface area contributed by atoms with Gasteiger partial charge in [-0.3, -0.25) is 9.69 Å². The van der Waals surface area contributed by atoms with Gasteiger partial charge < -0.3 is 9.47 Å². The second kappa shape index (κ2) is 7.73. The molecule has 0 spiro atoms. The smallest absolute Gasteiger partial charge is 0.270 e. The maximum absolute atomic E-state index is 13.1. The van der Waals surface area contributed by atoms with Gasteiger partial charge in [0.15, 0.2) is 5.13 Å². The van der Waals surface area contributed by atoms with Crippen LogP contribution in [-0.2, 0) is 4.74 Å². The molecule has 4 rings (SSSR count). The van der Waals surface area contributed by atoms with Gasteiger partial charge in [0, 0.05) is 6.61 Å². The number of fused-ring (bicyclic) bond motifs is 1. The average molecular weight is 389 g/mol. The Hall–Kier alpha value is -1.96. The zero-order valence-corrected chi connectivity index (χ0v) is 16.1. The predicted molar refractivity (Wildman–Crippen MR) is 106 cm³/mol. The van der Waals surface area contributed by atoms with Crippen LogP contribution < -0.4 is 9.64 Å². The van der Waals surface area contributed by atoms with Crippen LogP contribution in [0.5, 0.6) is 5.75 Å². The van der Waals surface area contributed by atoms with E-state index in [4.69, 9.17) is 14.5 Å². The van der Waals surface area contributed by atoms with Crippen LogP contribution >= 0.6 is 22.7 Å². The van der Waals surface area contributed by atoms with Crippen LogP contribution in [0.3, 0.4) is 0 Å². The lowest BCUT2D eigenvalue weighted by Gasteiger charge is -2.22. The van der Waals surface area contributed by atoms with Crippen molar-refractivity contribution in [1.82, 2.24) is 4.98 Å². The lowest BCUT2D eigenvalue weighted by Crippen LogP contribution is -2.37. The van der Waals surface area contributed by atoms with Crippen LogP contribution in [0.15, 0.2) is 35.7 Å². The summed E-state index contributed by atoms with van der Waals surface area (Å²) in [7, 11) is 0. The van der Waals surface area contributed by atoms with Crippen molar-refractivity contribution in [3.8, 4) is 5.75 Å². The first-order valence-corrected chi connectivity index (χ1v) is 10.4. The highest BCUT2D eigenvalue weighted by molar-refractivity contribution is 7.22. The van der Waals surface area contributed by atoms with Crippen molar-refractivity contribution < 1.29 is 14.3 Å². The molecule has 0 radical (unpaired) electrons. The number of benzene rings is 1. The number of para-hydroxylation sites is 1. The number of thiophene rings is 1. The summed E-state index contributed by atoms with van der Waals surface area (Å²) in [5.74, 6) is 0.737. The number of amides is 1. The Morgan fingerprint density at radius 2 is 2.31 bits per heavy atom. The third-order valence-electron chi connectivity index (χ3n) is 4.29. The molecule has 5 nitrogen and oxygen atoms in total. The molecule has 1 atom stereocenters. The quantitative estimate of drug-likeness (QED) is 0.620. The number of rotatable bonds is 6. The summed E-state index contributed by atoms with van der Waals surface area (Å²) in [4.78, 5) is 20.3. The summed E-state index contributed by atoms with van der Waals surface area (Å²) in [6, 6.07) is 9.64. The van der Waals surface area contributed by atoms with Gasteiger partial charge in [0.05, 0.1) is 28.8 Å². The number of hydrogen-bond acceptors (Lipinski definition) is 6. The molecule has 1 aliphatic rings. The number of hydrogen-bond donors (Lipinski definition) is 0. The van der Waals surface area contributed by atoms with Gasteiger partial charge in [0.25, 0.3) is 5.91 Å². The Labute approximate surface area is 160 Å². The van der Waals surface area contributed by atoms with Gasteiger partial charge in [-0.2, -0.15) is 0 Å². The van der Waals surface area contributed by atoms with E-state index in [1.165, 1.54) is 22.7 Å². The van der Waals surface area contributed by atoms with Gasteiger partial charge in [-0.25, -0.2) is 4.98 Å². The highest BCUT2D eigenvalue weighted by Crippen LogP contribution is 2.35. The van der Waals surface area contributed by atoms with E-state index in [-0.39, 0.29) is 12.0 Å². The lowest BCUT2D eigenvalue weighted by molar-refractivity contribution is 0.0920. The van der Waals surface area contributed by atoms with Gasteiger partial charge in [-0.1, -0.05) is 23.5 Å². The molecule has 1 aromatic carbocycles. The Balaban J connectivity index is 1.71. The average Bonchev–Trinajstić information content (AvgIpc) is 3.40. The number of aromatic nitrogens is 1. The minimum absolute atomic E-state index is 0.0208. The number of carbonyl (C=O) groups excluding carboxylic acids is 1. The zero-order valence-electron chi connectivity index (χ0n) is 14.5. The number of thiazole rings is 1. The molecule has 3 aromatic rings. The molecule has 7 heteroatoms. The lowest BCUT2D eigenvalue weighted by atomic mass is 10.2. The SMILES string of the molecule is CCOc1cccc2sc(N(CC3CCCO3)C(=O)c3cccs3)nc12. The number of nitrogens with zero attached hydrogens (tertiary/aromatic N) is 2. The molecule has 136 valence electrons. The molecule has 3 heterocycles. The summed E-state index contributed by atoms with van der Waals surface area (Å²) < 4.78 is 12.5. The van der Waals surface area contributed by atoms with Gasteiger partial charge in [0.2, 0.25) is 0 Å². The zero-order chi connectivity index (χ0) is 17.9. The first-order valence-electron chi connectivity index (χ1n) is 8.75. The van der Waals surface area contributed by atoms with Crippen molar-refractivity contribution in [2.24, 2.45) is 0 Å². The molecule has 0 saturated carbocycles. The maximum Gasteiger partial charge on any atom is 0.270 e. The standard InChI is InChI=1S/C19H20N2O3S2/c1-2-23-14-7-3-8-15-17(14)20-19(26-15)21(12-13-6-4-10-24-13)18(22)16-9-5-11-25-16/h3,5,7-9,11,13H,2,4,6,10,12H2,1H3. The third-order valence-corrected chi connectivity index (χ3v) is 6.19. The normalized spacial score (nSPS) is 16.9. The van der Waals surface area contributed by atoms with Crippen molar-refractivity contribution >= 4 is 43.9 Å². The van der Waals surface area contributed by atoms with E-state index in [9.17, 15) is 4.79 Å². The number of anilines is 1. The minimum Gasteiger partial charge on any atom is -0.492 e. The van der Waals surface area contributed by atoms with E-state index in [1.807, 2.05) is 42.6 Å². The molecular weight excluding hydrogens is 368 g/mol. The van der Waals surface area contributed by atoms with Crippen molar-refractivity contribution in [2.75, 3.05) is 24.7 Å².